The molecule has 4 rings (SSSR count). The van der Waals surface area contributed by atoms with Crippen LogP contribution in [0.2, 0.25) is 0 Å². The fourth-order valence-electron chi connectivity index (χ4n) is 4.71. The summed E-state index contributed by atoms with van der Waals surface area (Å²) in [4.78, 5) is 15.4. The third kappa shape index (κ3) is 4.85. The van der Waals surface area contributed by atoms with Crippen LogP contribution in [0.25, 0.3) is 0 Å². The number of ether oxygens (including phenoxy) is 4. The molecule has 3 aliphatic rings. The number of allylic oxidation sites excluding steroid dienone is 3. The fourth-order valence-corrected chi connectivity index (χ4v) is 4.71. The first-order valence-electron chi connectivity index (χ1n) is 11.3. The molecule has 0 bridgehead atoms. The third-order valence-corrected chi connectivity index (χ3v) is 6.37. The molecule has 176 valence electrons. The van der Waals surface area contributed by atoms with Gasteiger partial charge in [0.15, 0.2) is 17.3 Å². The number of ketones is 1. The quantitative estimate of drug-likeness (QED) is 0.701. The van der Waals surface area contributed by atoms with Crippen molar-refractivity contribution in [1.29, 1.82) is 5.26 Å². The van der Waals surface area contributed by atoms with Crippen LogP contribution in [0, 0.1) is 16.7 Å². The Labute approximate surface area is 194 Å². The fraction of sp³-hybridized carbons (Fsp3) is 0.520. The molecule has 2 heterocycles. The van der Waals surface area contributed by atoms with Gasteiger partial charge in [-0.25, -0.2) is 0 Å². The molecular formula is C25H31N3O5. The summed E-state index contributed by atoms with van der Waals surface area (Å²) in [5.41, 5.74) is 7.40. The molecule has 1 saturated heterocycles. The minimum atomic E-state index is -0.585. The van der Waals surface area contributed by atoms with E-state index in [9.17, 15) is 10.1 Å². The van der Waals surface area contributed by atoms with Crippen LogP contribution in [0.3, 0.4) is 0 Å². The third-order valence-electron chi connectivity index (χ3n) is 6.37. The van der Waals surface area contributed by atoms with Gasteiger partial charge in [0, 0.05) is 38.0 Å². The second kappa shape index (κ2) is 9.46. The molecule has 0 aromatic heterocycles. The highest BCUT2D eigenvalue weighted by Gasteiger charge is 2.43. The number of carbonyl (C=O) groups is 1. The molecule has 1 aromatic rings. The molecule has 1 aromatic carbocycles. The highest BCUT2D eigenvalue weighted by atomic mass is 16.5. The maximum Gasteiger partial charge on any atom is 0.205 e. The number of hydrogen-bond donors (Lipinski definition) is 1. The number of Topliss-reactive ketones (excluding diaryl/α,β-unsaturated/α-hetero) is 1. The van der Waals surface area contributed by atoms with E-state index in [1.807, 2.05) is 32.0 Å². The molecule has 33 heavy (non-hydrogen) atoms. The Hall–Kier alpha value is -3.02. The Kier molecular flexibility index (Phi) is 6.63. The maximum absolute atomic E-state index is 13.1. The Balaban J connectivity index is 1.60. The summed E-state index contributed by atoms with van der Waals surface area (Å²) in [5, 5.41) is 9.82. The highest BCUT2D eigenvalue weighted by Crippen LogP contribution is 2.48. The van der Waals surface area contributed by atoms with Crippen molar-refractivity contribution in [2.45, 2.75) is 32.6 Å². The number of carbonyl (C=O) groups excluding carboxylic acids is 1. The molecule has 0 saturated carbocycles. The van der Waals surface area contributed by atoms with E-state index < -0.39 is 5.92 Å². The van der Waals surface area contributed by atoms with Crippen molar-refractivity contribution in [3.63, 3.8) is 0 Å². The number of hydrogen-bond acceptors (Lipinski definition) is 8. The van der Waals surface area contributed by atoms with Crippen LogP contribution in [0.15, 0.2) is 41.0 Å². The first-order valence-corrected chi connectivity index (χ1v) is 11.3. The molecule has 1 atom stereocenters. The summed E-state index contributed by atoms with van der Waals surface area (Å²) in [5.74, 6) is 1.17. The van der Waals surface area contributed by atoms with E-state index in [1.54, 1.807) is 7.11 Å². The van der Waals surface area contributed by atoms with Crippen LogP contribution in [-0.2, 0) is 14.3 Å². The molecule has 0 radical (unpaired) electrons. The van der Waals surface area contributed by atoms with Crippen molar-refractivity contribution in [3.8, 4) is 17.6 Å². The summed E-state index contributed by atoms with van der Waals surface area (Å²) in [6.07, 6.45) is 0.980. The molecule has 1 aliphatic carbocycles. The highest BCUT2D eigenvalue weighted by molar-refractivity contribution is 6.00. The van der Waals surface area contributed by atoms with Gasteiger partial charge >= 0.3 is 0 Å². The van der Waals surface area contributed by atoms with Crippen LogP contribution >= 0.6 is 0 Å². The minimum Gasteiger partial charge on any atom is -0.493 e. The number of benzene rings is 1. The van der Waals surface area contributed by atoms with Crippen LogP contribution < -0.4 is 15.2 Å². The Morgan fingerprint density at radius 1 is 1.24 bits per heavy atom. The van der Waals surface area contributed by atoms with Crippen molar-refractivity contribution in [2.75, 3.05) is 46.6 Å². The van der Waals surface area contributed by atoms with Gasteiger partial charge in [0.1, 0.15) is 24.0 Å². The average Bonchev–Trinajstić information content (AvgIpc) is 2.78. The van der Waals surface area contributed by atoms with Crippen LogP contribution in [0.5, 0.6) is 11.5 Å². The van der Waals surface area contributed by atoms with Gasteiger partial charge in [-0.2, -0.15) is 5.26 Å². The summed E-state index contributed by atoms with van der Waals surface area (Å²) >= 11 is 0. The van der Waals surface area contributed by atoms with Gasteiger partial charge in [-0.15, -0.1) is 0 Å². The van der Waals surface area contributed by atoms with Gasteiger partial charge in [0.25, 0.3) is 0 Å². The minimum absolute atomic E-state index is 0.0173. The maximum atomic E-state index is 13.1. The lowest BCUT2D eigenvalue weighted by molar-refractivity contribution is -0.119. The smallest absolute Gasteiger partial charge is 0.205 e. The van der Waals surface area contributed by atoms with Crippen LogP contribution in [0.1, 0.15) is 38.2 Å². The molecule has 1 fully saturated rings. The average molecular weight is 454 g/mol. The summed E-state index contributed by atoms with van der Waals surface area (Å²) < 4.78 is 22.7. The topological polar surface area (TPSA) is 107 Å². The number of nitrogens with zero attached hydrogens (tertiary/aromatic N) is 2. The van der Waals surface area contributed by atoms with E-state index in [1.165, 1.54) is 0 Å². The Morgan fingerprint density at radius 3 is 2.70 bits per heavy atom. The van der Waals surface area contributed by atoms with Crippen molar-refractivity contribution in [3.05, 3.63) is 46.6 Å². The summed E-state index contributed by atoms with van der Waals surface area (Å²) in [6.45, 7) is 8.66. The lowest BCUT2D eigenvalue weighted by Gasteiger charge is -2.37. The zero-order valence-corrected chi connectivity index (χ0v) is 19.5. The van der Waals surface area contributed by atoms with Gasteiger partial charge in [-0.05, 0) is 23.1 Å². The van der Waals surface area contributed by atoms with E-state index >= 15 is 0 Å². The van der Waals surface area contributed by atoms with Gasteiger partial charge in [0.05, 0.1) is 26.2 Å². The standard InChI is InChI=1S/C25H31N3O5/c1-25(2)13-18(29)23-21(14-25)33-24(27)17(15-26)22(23)16-4-5-19(20(12-16)30-3)32-11-8-28-6-9-31-10-7-28/h4-5,12,22H,6-11,13-14,27H2,1-3H3/t22-/m0/s1. The summed E-state index contributed by atoms with van der Waals surface area (Å²) in [6, 6.07) is 7.67. The largest absolute Gasteiger partial charge is 0.493 e. The lowest BCUT2D eigenvalue weighted by Crippen LogP contribution is -2.38. The molecule has 0 spiro atoms. The van der Waals surface area contributed by atoms with Crippen molar-refractivity contribution in [1.82, 2.24) is 4.90 Å². The molecule has 0 amide bonds. The number of nitriles is 1. The monoisotopic (exact) mass is 453 g/mol. The second-order valence-electron chi connectivity index (χ2n) is 9.42. The zero-order chi connectivity index (χ0) is 23.6. The van der Waals surface area contributed by atoms with Gasteiger partial charge < -0.3 is 24.7 Å². The lowest BCUT2D eigenvalue weighted by atomic mass is 9.70. The molecule has 8 heteroatoms. The Morgan fingerprint density at radius 2 is 2.00 bits per heavy atom. The van der Waals surface area contributed by atoms with Crippen LogP contribution in [-0.4, -0.2) is 57.2 Å². The molecule has 8 nitrogen and oxygen atoms in total. The second-order valence-corrected chi connectivity index (χ2v) is 9.42. The first-order chi connectivity index (χ1) is 15.8. The number of methoxy groups -OCH3 is 1. The van der Waals surface area contributed by atoms with Crippen molar-refractivity contribution < 1.29 is 23.7 Å². The van der Waals surface area contributed by atoms with Crippen molar-refractivity contribution in [2.24, 2.45) is 11.1 Å². The first kappa shape index (κ1) is 23.1. The Bertz CT molecular complexity index is 1030. The van der Waals surface area contributed by atoms with Gasteiger partial charge in [-0.3, -0.25) is 9.69 Å². The zero-order valence-electron chi connectivity index (χ0n) is 19.5. The predicted octanol–water partition coefficient (Wildman–Crippen LogP) is 2.86. The predicted molar refractivity (Wildman–Crippen MR) is 121 cm³/mol. The van der Waals surface area contributed by atoms with E-state index in [0.717, 1.165) is 38.4 Å². The van der Waals surface area contributed by atoms with Crippen LogP contribution in [0.4, 0.5) is 0 Å². The van der Waals surface area contributed by atoms with E-state index in [2.05, 4.69) is 11.0 Å². The van der Waals surface area contributed by atoms with E-state index in [4.69, 9.17) is 24.7 Å². The number of rotatable bonds is 6. The molecular weight excluding hydrogens is 422 g/mol. The normalized spacial score (nSPS) is 23.0. The molecule has 0 unspecified atom stereocenters. The van der Waals surface area contributed by atoms with Crippen molar-refractivity contribution >= 4 is 5.78 Å². The van der Waals surface area contributed by atoms with E-state index in [-0.39, 0.29) is 22.7 Å². The number of morpholine rings is 1. The molecule has 2 N–H and O–H groups in total. The van der Waals surface area contributed by atoms with Gasteiger partial charge in [0.2, 0.25) is 5.88 Å². The summed E-state index contributed by atoms with van der Waals surface area (Å²) in [7, 11) is 1.58. The SMILES string of the molecule is COc1cc([C@H]2C(C#N)=C(N)OC3=C2C(=O)CC(C)(C)C3)ccc1OCCN1CCOCC1. The molecule has 2 aliphatic heterocycles. The van der Waals surface area contributed by atoms with Gasteiger partial charge in [-0.1, -0.05) is 19.9 Å². The number of nitrogens with two attached hydrogens (primary N) is 1. The van der Waals surface area contributed by atoms with E-state index in [0.29, 0.717) is 42.3 Å².